The molecule has 4 rings (SSSR count). The molecule has 0 unspecified atom stereocenters. The van der Waals surface area contributed by atoms with Crippen molar-refractivity contribution in [3.05, 3.63) is 5.82 Å². The van der Waals surface area contributed by atoms with Gasteiger partial charge in [0.15, 0.2) is 5.82 Å². The fraction of sp³-hybridized carbons (Fsp3) is 0.722. The number of piperidine rings is 1. The van der Waals surface area contributed by atoms with Crippen molar-refractivity contribution < 1.29 is 4.74 Å². The minimum atomic E-state index is 0. The average Bonchev–Trinajstić information content (AvgIpc) is 2.68. The molecule has 0 bridgehead atoms. The van der Waals surface area contributed by atoms with Crippen LogP contribution in [0.5, 0.6) is 0 Å². The number of aliphatic imine (C=N–C) groups is 1. The van der Waals surface area contributed by atoms with Gasteiger partial charge in [0.25, 0.3) is 0 Å². The van der Waals surface area contributed by atoms with Crippen LogP contribution in [-0.4, -0.2) is 84.8 Å². The Labute approximate surface area is 172 Å². The number of nitrogens with zero attached hydrogens (tertiary/aromatic N) is 6. The van der Waals surface area contributed by atoms with Crippen LogP contribution in [0.15, 0.2) is 10.0 Å². The number of ether oxygens (including phenoxy) is 1. The van der Waals surface area contributed by atoms with Crippen molar-refractivity contribution in [1.29, 1.82) is 0 Å². The van der Waals surface area contributed by atoms with Crippen molar-refractivity contribution in [2.45, 2.75) is 30.8 Å². The molecule has 0 atom stereocenters. The molecule has 1 aromatic heterocycles. The molecular formula is C18H29ClN6OS. The van der Waals surface area contributed by atoms with Gasteiger partial charge >= 0.3 is 0 Å². The monoisotopic (exact) mass is 412 g/mol. The van der Waals surface area contributed by atoms with Crippen LogP contribution in [0.3, 0.4) is 0 Å². The zero-order valence-corrected chi connectivity index (χ0v) is 17.8. The van der Waals surface area contributed by atoms with Crippen LogP contribution in [0, 0.1) is 0 Å². The standard InChI is InChI=1S/C18H28N6OS.ClH/c1-22(2)17-16-18(20-14(19-17)12-23-6-4-3-5-7-23)26-13-15(21-16)24-8-10-25-11-9-24;/h3-13H2,1-2H3;1H. The number of morpholine rings is 1. The van der Waals surface area contributed by atoms with E-state index in [4.69, 9.17) is 19.7 Å². The van der Waals surface area contributed by atoms with E-state index in [9.17, 15) is 0 Å². The van der Waals surface area contributed by atoms with Crippen molar-refractivity contribution in [2.75, 3.05) is 64.1 Å². The number of halogens is 1. The molecule has 2 fully saturated rings. The summed E-state index contributed by atoms with van der Waals surface area (Å²) in [6.45, 7) is 6.55. The number of hydrogen-bond acceptors (Lipinski definition) is 8. The summed E-state index contributed by atoms with van der Waals surface area (Å²) in [4.78, 5) is 21.6. The highest BCUT2D eigenvalue weighted by Crippen LogP contribution is 2.39. The molecule has 9 heteroatoms. The molecule has 0 saturated carbocycles. The first-order chi connectivity index (χ1) is 12.7. The Hall–Kier alpha value is -1.09. The number of thioether (sulfide) groups is 1. The third-order valence-corrected chi connectivity index (χ3v) is 6.03. The van der Waals surface area contributed by atoms with Gasteiger partial charge in [-0.2, -0.15) is 0 Å². The highest BCUT2D eigenvalue weighted by Gasteiger charge is 2.25. The van der Waals surface area contributed by atoms with Gasteiger partial charge in [-0.25, -0.2) is 15.0 Å². The summed E-state index contributed by atoms with van der Waals surface area (Å²) in [5.41, 5.74) is 0.926. The van der Waals surface area contributed by atoms with Crippen LogP contribution >= 0.6 is 24.2 Å². The van der Waals surface area contributed by atoms with Crippen LogP contribution in [0.4, 0.5) is 11.5 Å². The van der Waals surface area contributed by atoms with Gasteiger partial charge in [0.2, 0.25) is 0 Å². The molecule has 0 spiro atoms. The Kier molecular flexibility index (Phi) is 7.19. The van der Waals surface area contributed by atoms with Crippen molar-refractivity contribution in [2.24, 2.45) is 4.99 Å². The Balaban J connectivity index is 0.00000210. The molecule has 7 nitrogen and oxygen atoms in total. The third kappa shape index (κ3) is 4.85. The zero-order chi connectivity index (χ0) is 17.9. The topological polar surface area (TPSA) is 57.1 Å². The minimum absolute atomic E-state index is 0. The lowest BCUT2D eigenvalue weighted by atomic mass is 10.1. The van der Waals surface area contributed by atoms with Gasteiger partial charge in [-0.15, -0.1) is 12.4 Å². The molecular weight excluding hydrogens is 384 g/mol. The van der Waals surface area contributed by atoms with Gasteiger partial charge in [0.1, 0.15) is 22.4 Å². The molecule has 0 radical (unpaired) electrons. The SMILES string of the molecule is CN(C)c1nc(CN2CCCCC2)nc2c1N=C(N1CCOCC1)CS2.Cl. The average molecular weight is 413 g/mol. The molecule has 0 amide bonds. The zero-order valence-electron chi connectivity index (χ0n) is 16.2. The normalized spacial score (nSPS) is 20.5. The number of likely N-dealkylation sites (tertiary alicyclic amines) is 1. The lowest BCUT2D eigenvalue weighted by Gasteiger charge is -2.32. The Morgan fingerprint density at radius 2 is 1.78 bits per heavy atom. The predicted octanol–water partition coefficient (Wildman–Crippen LogP) is 2.42. The third-order valence-electron chi connectivity index (χ3n) is 5.07. The Morgan fingerprint density at radius 3 is 2.48 bits per heavy atom. The van der Waals surface area contributed by atoms with Crippen molar-refractivity contribution in [3.63, 3.8) is 0 Å². The first-order valence-electron chi connectivity index (χ1n) is 9.54. The van der Waals surface area contributed by atoms with E-state index in [0.29, 0.717) is 0 Å². The number of rotatable bonds is 3. The van der Waals surface area contributed by atoms with Crippen LogP contribution in [0.2, 0.25) is 0 Å². The molecule has 0 aliphatic carbocycles. The van der Waals surface area contributed by atoms with Crippen LogP contribution in [0.25, 0.3) is 0 Å². The molecule has 0 N–H and O–H groups in total. The van der Waals surface area contributed by atoms with E-state index < -0.39 is 0 Å². The molecule has 3 aliphatic heterocycles. The number of amidine groups is 1. The smallest absolute Gasteiger partial charge is 0.159 e. The maximum atomic E-state index is 5.47. The Bertz CT molecular complexity index is 674. The first kappa shape index (κ1) is 20.6. The molecule has 27 heavy (non-hydrogen) atoms. The maximum absolute atomic E-state index is 5.47. The summed E-state index contributed by atoms with van der Waals surface area (Å²) in [7, 11) is 4.08. The van der Waals surface area contributed by atoms with Crippen molar-refractivity contribution in [1.82, 2.24) is 19.8 Å². The lowest BCUT2D eigenvalue weighted by Crippen LogP contribution is -2.42. The molecule has 2 saturated heterocycles. The summed E-state index contributed by atoms with van der Waals surface area (Å²) < 4.78 is 5.47. The van der Waals surface area contributed by atoms with Crippen LogP contribution < -0.4 is 4.90 Å². The second-order valence-electron chi connectivity index (χ2n) is 7.26. The molecule has 0 aromatic carbocycles. The quantitative estimate of drug-likeness (QED) is 0.706. The highest BCUT2D eigenvalue weighted by atomic mass is 35.5. The fourth-order valence-corrected chi connectivity index (χ4v) is 4.60. The first-order valence-corrected chi connectivity index (χ1v) is 10.5. The van der Waals surface area contributed by atoms with E-state index in [1.54, 1.807) is 11.8 Å². The van der Waals surface area contributed by atoms with Crippen molar-refractivity contribution >= 4 is 41.5 Å². The molecule has 1 aromatic rings. The van der Waals surface area contributed by atoms with Crippen LogP contribution in [-0.2, 0) is 11.3 Å². The predicted molar refractivity (Wildman–Crippen MR) is 113 cm³/mol. The number of hydrogen-bond donors (Lipinski definition) is 0. The summed E-state index contributed by atoms with van der Waals surface area (Å²) in [6, 6.07) is 0. The van der Waals surface area contributed by atoms with E-state index in [-0.39, 0.29) is 12.4 Å². The van der Waals surface area contributed by atoms with Gasteiger partial charge in [0, 0.05) is 27.2 Å². The van der Waals surface area contributed by atoms with Gasteiger partial charge in [-0.05, 0) is 25.9 Å². The summed E-state index contributed by atoms with van der Waals surface area (Å²) in [6.07, 6.45) is 3.92. The van der Waals surface area contributed by atoms with E-state index in [0.717, 1.165) is 79.9 Å². The van der Waals surface area contributed by atoms with Gasteiger partial charge in [0.05, 0.1) is 25.5 Å². The fourth-order valence-electron chi connectivity index (χ4n) is 3.64. The Morgan fingerprint density at radius 1 is 1.04 bits per heavy atom. The minimum Gasteiger partial charge on any atom is -0.378 e. The number of fused-ring (bicyclic) bond motifs is 1. The molecule has 3 aliphatic rings. The molecule has 150 valence electrons. The largest absolute Gasteiger partial charge is 0.378 e. The highest BCUT2D eigenvalue weighted by molar-refractivity contribution is 8.00. The van der Waals surface area contributed by atoms with Gasteiger partial charge in [-0.1, -0.05) is 18.2 Å². The summed E-state index contributed by atoms with van der Waals surface area (Å²) in [5.74, 6) is 3.85. The van der Waals surface area contributed by atoms with E-state index in [2.05, 4.69) is 14.7 Å². The second kappa shape index (κ2) is 9.41. The lowest BCUT2D eigenvalue weighted by molar-refractivity contribution is 0.0679. The maximum Gasteiger partial charge on any atom is 0.159 e. The van der Waals surface area contributed by atoms with Gasteiger partial charge < -0.3 is 14.5 Å². The van der Waals surface area contributed by atoms with E-state index in [1.807, 2.05) is 14.1 Å². The van der Waals surface area contributed by atoms with E-state index in [1.165, 1.54) is 19.3 Å². The van der Waals surface area contributed by atoms with Gasteiger partial charge in [-0.3, -0.25) is 4.90 Å². The van der Waals surface area contributed by atoms with Crippen molar-refractivity contribution in [3.8, 4) is 0 Å². The summed E-state index contributed by atoms with van der Waals surface area (Å²) in [5, 5.41) is 1.02. The van der Waals surface area contributed by atoms with E-state index >= 15 is 0 Å². The second-order valence-corrected chi connectivity index (χ2v) is 8.23. The van der Waals surface area contributed by atoms with Crippen LogP contribution in [0.1, 0.15) is 25.1 Å². The number of anilines is 1. The molecule has 4 heterocycles. The number of aromatic nitrogens is 2. The summed E-state index contributed by atoms with van der Waals surface area (Å²) >= 11 is 1.79.